The van der Waals surface area contributed by atoms with Crippen LogP contribution >= 0.6 is 0 Å². The second-order valence-corrected chi connectivity index (χ2v) is 2.83. The van der Waals surface area contributed by atoms with Crippen LogP contribution in [0.3, 0.4) is 0 Å². The van der Waals surface area contributed by atoms with Crippen molar-refractivity contribution in [2.24, 2.45) is 0 Å². The third-order valence-electron chi connectivity index (χ3n) is 1.63. The lowest BCUT2D eigenvalue weighted by Gasteiger charge is -2.11. The SMILES string of the molecule is Cc1nc(OC(F)(F)F)cc(C(F)F)c1O. The molecule has 0 aliphatic rings. The monoisotopic (exact) mass is 243 g/mol. The van der Waals surface area contributed by atoms with E-state index in [1.807, 2.05) is 0 Å². The number of hydrogen-bond acceptors (Lipinski definition) is 3. The Morgan fingerprint density at radius 2 is 1.94 bits per heavy atom. The number of rotatable bonds is 2. The summed E-state index contributed by atoms with van der Waals surface area (Å²) < 4.78 is 63.3. The van der Waals surface area contributed by atoms with Gasteiger partial charge in [0.25, 0.3) is 6.43 Å². The molecule has 0 fully saturated rings. The number of hydrogen-bond donors (Lipinski definition) is 1. The summed E-state index contributed by atoms with van der Waals surface area (Å²) in [6, 6.07) is 0.348. The zero-order valence-corrected chi connectivity index (χ0v) is 7.85. The maximum absolute atomic E-state index is 12.3. The molecule has 0 aliphatic carbocycles. The van der Waals surface area contributed by atoms with Crippen LogP contribution in [0.4, 0.5) is 22.0 Å². The Hall–Kier alpha value is -1.60. The number of aromatic nitrogens is 1. The highest BCUT2D eigenvalue weighted by molar-refractivity contribution is 5.39. The van der Waals surface area contributed by atoms with Gasteiger partial charge in [-0.1, -0.05) is 0 Å². The molecule has 0 aromatic carbocycles. The van der Waals surface area contributed by atoms with Gasteiger partial charge in [0.05, 0.1) is 11.3 Å². The van der Waals surface area contributed by atoms with Crippen LogP contribution in [0, 0.1) is 6.92 Å². The molecule has 0 saturated heterocycles. The van der Waals surface area contributed by atoms with Crippen LogP contribution in [-0.4, -0.2) is 16.5 Å². The van der Waals surface area contributed by atoms with E-state index in [-0.39, 0.29) is 5.69 Å². The van der Waals surface area contributed by atoms with Crippen molar-refractivity contribution in [1.29, 1.82) is 0 Å². The minimum atomic E-state index is -5.02. The van der Waals surface area contributed by atoms with Gasteiger partial charge in [-0.25, -0.2) is 13.8 Å². The van der Waals surface area contributed by atoms with Gasteiger partial charge >= 0.3 is 6.36 Å². The van der Waals surface area contributed by atoms with Crippen LogP contribution in [0.1, 0.15) is 17.7 Å². The molecule has 1 N–H and O–H groups in total. The van der Waals surface area contributed by atoms with E-state index in [0.29, 0.717) is 6.07 Å². The Morgan fingerprint density at radius 3 is 2.38 bits per heavy atom. The summed E-state index contributed by atoms with van der Waals surface area (Å²) in [5, 5.41) is 9.11. The first kappa shape index (κ1) is 12.5. The Morgan fingerprint density at radius 1 is 1.38 bits per heavy atom. The molecule has 0 unspecified atom stereocenters. The molecule has 1 aromatic rings. The average molecular weight is 243 g/mol. The molecule has 0 bridgehead atoms. The molecule has 90 valence electrons. The number of halogens is 5. The van der Waals surface area contributed by atoms with Crippen LogP contribution in [0.15, 0.2) is 6.07 Å². The van der Waals surface area contributed by atoms with Crippen LogP contribution in [-0.2, 0) is 0 Å². The van der Waals surface area contributed by atoms with Gasteiger partial charge in [0.2, 0.25) is 5.88 Å². The van der Waals surface area contributed by atoms with Gasteiger partial charge in [0.15, 0.2) is 0 Å². The lowest BCUT2D eigenvalue weighted by atomic mass is 10.2. The third kappa shape index (κ3) is 2.94. The Bertz CT molecular complexity index is 391. The van der Waals surface area contributed by atoms with Crippen molar-refractivity contribution in [3.8, 4) is 11.6 Å². The Labute approximate surface area is 86.5 Å². The number of alkyl halides is 5. The average Bonchev–Trinajstić information content (AvgIpc) is 2.07. The van der Waals surface area contributed by atoms with Crippen molar-refractivity contribution in [1.82, 2.24) is 4.98 Å². The van der Waals surface area contributed by atoms with E-state index in [2.05, 4.69) is 9.72 Å². The van der Waals surface area contributed by atoms with E-state index in [9.17, 15) is 22.0 Å². The van der Waals surface area contributed by atoms with Crippen LogP contribution in [0.2, 0.25) is 0 Å². The van der Waals surface area contributed by atoms with Crippen molar-refractivity contribution in [3.05, 3.63) is 17.3 Å². The molecule has 3 nitrogen and oxygen atoms in total. The Balaban J connectivity index is 3.14. The molecule has 1 aromatic heterocycles. The predicted octanol–water partition coefficient (Wildman–Crippen LogP) is 2.93. The molecule has 0 spiro atoms. The van der Waals surface area contributed by atoms with E-state index in [1.165, 1.54) is 0 Å². The second-order valence-electron chi connectivity index (χ2n) is 2.83. The summed E-state index contributed by atoms with van der Waals surface area (Å²) in [6.45, 7) is 1.09. The van der Waals surface area contributed by atoms with Crippen molar-refractivity contribution >= 4 is 0 Å². The van der Waals surface area contributed by atoms with E-state index in [4.69, 9.17) is 5.11 Å². The smallest absolute Gasteiger partial charge is 0.506 e. The van der Waals surface area contributed by atoms with Crippen molar-refractivity contribution < 1.29 is 31.8 Å². The van der Waals surface area contributed by atoms with Gasteiger partial charge in [-0.2, -0.15) is 0 Å². The molecule has 16 heavy (non-hydrogen) atoms. The number of aryl methyl sites for hydroxylation is 1. The molecule has 0 amide bonds. The number of nitrogens with zero attached hydrogens (tertiary/aromatic N) is 1. The highest BCUT2D eigenvalue weighted by Crippen LogP contribution is 2.34. The summed E-state index contributed by atoms with van der Waals surface area (Å²) in [7, 11) is 0. The quantitative estimate of drug-likeness (QED) is 0.812. The minimum absolute atomic E-state index is 0.348. The molecule has 8 heteroatoms. The number of ether oxygens (including phenoxy) is 1. The van der Waals surface area contributed by atoms with Crippen molar-refractivity contribution in [3.63, 3.8) is 0 Å². The predicted molar refractivity (Wildman–Crippen MR) is 42.3 cm³/mol. The molecule has 1 heterocycles. The highest BCUT2D eigenvalue weighted by atomic mass is 19.4. The maximum atomic E-state index is 12.3. The highest BCUT2D eigenvalue weighted by Gasteiger charge is 2.32. The molecular formula is C8H6F5NO2. The fourth-order valence-electron chi connectivity index (χ4n) is 0.998. The van der Waals surface area contributed by atoms with Crippen molar-refractivity contribution in [2.75, 3.05) is 0 Å². The summed E-state index contributed by atoms with van der Waals surface area (Å²) >= 11 is 0. The largest absolute Gasteiger partial charge is 0.574 e. The van der Waals surface area contributed by atoms with E-state index >= 15 is 0 Å². The lowest BCUT2D eigenvalue weighted by Crippen LogP contribution is -2.18. The minimum Gasteiger partial charge on any atom is -0.506 e. The number of aromatic hydroxyl groups is 1. The zero-order chi connectivity index (χ0) is 12.5. The van der Waals surface area contributed by atoms with Crippen LogP contribution in [0.5, 0.6) is 11.6 Å². The normalized spacial score (nSPS) is 11.9. The topological polar surface area (TPSA) is 42.4 Å². The van der Waals surface area contributed by atoms with Gasteiger partial charge in [0, 0.05) is 6.07 Å². The fourth-order valence-corrected chi connectivity index (χ4v) is 0.998. The summed E-state index contributed by atoms with van der Waals surface area (Å²) in [4.78, 5) is 3.18. The summed E-state index contributed by atoms with van der Waals surface area (Å²) in [6.07, 6.45) is -8.13. The second kappa shape index (κ2) is 4.11. The standard InChI is InChI=1S/C8H6F5NO2/c1-3-6(15)4(7(9)10)2-5(14-3)16-8(11,12)13/h2,7,15H,1H3. The van der Waals surface area contributed by atoms with Gasteiger partial charge in [-0.05, 0) is 6.92 Å². The Kier molecular flexibility index (Phi) is 3.20. The van der Waals surface area contributed by atoms with Crippen molar-refractivity contribution in [2.45, 2.75) is 19.7 Å². The van der Waals surface area contributed by atoms with Gasteiger partial charge in [0.1, 0.15) is 5.75 Å². The first-order valence-electron chi connectivity index (χ1n) is 3.95. The van der Waals surface area contributed by atoms with Crippen LogP contribution in [0.25, 0.3) is 0 Å². The molecular weight excluding hydrogens is 237 g/mol. The van der Waals surface area contributed by atoms with E-state index < -0.39 is 30.0 Å². The first-order chi connectivity index (χ1) is 7.20. The zero-order valence-electron chi connectivity index (χ0n) is 7.85. The van der Waals surface area contributed by atoms with Gasteiger partial charge in [-0.15, -0.1) is 13.2 Å². The molecule has 0 saturated carbocycles. The summed E-state index contributed by atoms with van der Waals surface area (Å²) in [5.74, 6) is -1.87. The lowest BCUT2D eigenvalue weighted by molar-refractivity contribution is -0.276. The van der Waals surface area contributed by atoms with Gasteiger partial charge in [-0.3, -0.25) is 0 Å². The first-order valence-corrected chi connectivity index (χ1v) is 3.95. The van der Waals surface area contributed by atoms with E-state index in [0.717, 1.165) is 6.92 Å². The molecule has 0 aliphatic heterocycles. The molecule has 1 rings (SSSR count). The fraction of sp³-hybridized carbons (Fsp3) is 0.375. The maximum Gasteiger partial charge on any atom is 0.574 e. The third-order valence-corrected chi connectivity index (χ3v) is 1.63. The molecule has 0 radical (unpaired) electrons. The summed E-state index contributed by atoms with van der Waals surface area (Å²) in [5.41, 5.74) is -1.32. The molecule has 0 atom stereocenters. The van der Waals surface area contributed by atoms with Gasteiger partial charge < -0.3 is 9.84 Å². The number of pyridine rings is 1. The van der Waals surface area contributed by atoms with Crippen LogP contribution < -0.4 is 4.74 Å². The van der Waals surface area contributed by atoms with E-state index in [1.54, 1.807) is 0 Å².